The molecule has 2 aromatic carbocycles. The molecule has 4 rings (SSSR count). The van der Waals surface area contributed by atoms with E-state index in [-0.39, 0.29) is 30.8 Å². The van der Waals surface area contributed by atoms with E-state index in [0.717, 1.165) is 43.5 Å². The summed E-state index contributed by atoms with van der Waals surface area (Å²) in [6.07, 6.45) is 12.8. The molecule has 2 aromatic rings. The standard InChI is InChI=1S/C17H21N3O3.C16H27N3.C2H2/c21-11-3-6-16(22)19-9-7-14(8-10-19)20-12-13-4-1-2-5-15(13)18-17(20)23;1-13-8-7-9-14(10-18-17-5)15(13)11-19(6)12-16(2,3)4;1-2/h1-2,4-5,11,14H,3,6-10,12H2,(H,18,23);7-10,17H,11-12H2,1-6H3;1-2H/b;18-10-;. The Bertz CT molecular complexity index is 1270. The van der Waals surface area contributed by atoms with Gasteiger partial charge in [0.2, 0.25) is 5.91 Å². The number of hydrazone groups is 1. The van der Waals surface area contributed by atoms with Crippen LogP contribution in [0.2, 0.25) is 0 Å². The van der Waals surface area contributed by atoms with Gasteiger partial charge in [-0.15, -0.1) is 12.8 Å². The molecule has 0 aromatic heterocycles. The molecule has 1 fully saturated rings. The van der Waals surface area contributed by atoms with Gasteiger partial charge in [-0.2, -0.15) is 5.10 Å². The molecule has 238 valence electrons. The van der Waals surface area contributed by atoms with E-state index in [9.17, 15) is 14.4 Å². The predicted molar refractivity (Wildman–Crippen MR) is 179 cm³/mol. The SMILES string of the molecule is C#C.CN/N=C\c1cccc(C)c1CN(C)CC(C)(C)C.O=CCCC(=O)N1CCC(N2Cc3ccccc3NC2=O)CC1. The third-order valence-electron chi connectivity index (χ3n) is 7.55. The highest BCUT2D eigenvalue weighted by molar-refractivity contribution is 5.92. The number of anilines is 1. The molecule has 0 radical (unpaired) electrons. The fourth-order valence-electron chi connectivity index (χ4n) is 5.62. The number of aryl methyl sites for hydroxylation is 1. The van der Waals surface area contributed by atoms with Gasteiger partial charge in [-0.05, 0) is 60.5 Å². The van der Waals surface area contributed by atoms with Crippen LogP contribution in [-0.2, 0) is 22.7 Å². The molecule has 3 amide bonds. The van der Waals surface area contributed by atoms with Crippen molar-refractivity contribution in [2.75, 3.05) is 39.0 Å². The number of para-hydroxylation sites is 1. The van der Waals surface area contributed by atoms with Crippen LogP contribution in [0.4, 0.5) is 10.5 Å². The van der Waals surface area contributed by atoms with Crippen LogP contribution in [0.5, 0.6) is 0 Å². The van der Waals surface area contributed by atoms with E-state index < -0.39 is 0 Å². The molecule has 44 heavy (non-hydrogen) atoms. The fourth-order valence-corrected chi connectivity index (χ4v) is 5.62. The minimum absolute atomic E-state index is 0.0315. The molecular weight excluding hydrogens is 552 g/mol. The molecular formula is C35H50N6O3. The molecule has 9 heteroatoms. The Balaban J connectivity index is 0.000000296. The van der Waals surface area contributed by atoms with E-state index in [1.54, 1.807) is 4.90 Å². The topological polar surface area (TPSA) is 97.3 Å². The zero-order chi connectivity index (χ0) is 32.7. The summed E-state index contributed by atoms with van der Waals surface area (Å²) in [7, 11) is 3.99. The lowest BCUT2D eigenvalue weighted by molar-refractivity contribution is -0.133. The Morgan fingerprint density at radius 2 is 1.82 bits per heavy atom. The van der Waals surface area contributed by atoms with Gasteiger partial charge in [0.05, 0.1) is 6.21 Å². The van der Waals surface area contributed by atoms with Crippen LogP contribution < -0.4 is 10.7 Å². The molecule has 0 unspecified atom stereocenters. The second-order valence-corrected chi connectivity index (χ2v) is 12.4. The number of urea groups is 1. The summed E-state index contributed by atoms with van der Waals surface area (Å²) in [5, 5.41) is 7.07. The Kier molecular flexibility index (Phi) is 14.6. The number of carbonyl (C=O) groups is 3. The number of likely N-dealkylation sites (tertiary alicyclic amines) is 1. The summed E-state index contributed by atoms with van der Waals surface area (Å²) in [6.45, 7) is 12.9. The normalized spacial score (nSPS) is 15.0. The van der Waals surface area contributed by atoms with Gasteiger partial charge >= 0.3 is 6.03 Å². The predicted octanol–water partition coefficient (Wildman–Crippen LogP) is 5.28. The summed E-state index contributed by atoms with van der Waals surface area (Å²) in [4.78, 5) is 40.7. The zero-order valence-corrected chi connectivity index (χ0v) is 27.3. The largest absolute Gasteiger partial charge is 0.343 e. The first kappa shape index (κ1) is 36.0. The van der Waals surface area contributed by atoms with Crippen LogP contribution in [0.15, 0.2) is 47.6 Å². The van der Waals surface area contributed by atoms with Gasteiger partial charge in [0.1, 0.15) is 6.29 Å². The third kappa shape index (κ3) is 11.2. The number of nitrogens with one attached hydrogen (secondary N) is 2. The molecule has 0 atom stereocenters. The van der Waals surface area contributed by atoms with Gasteiger partial charge in [-0.1, -0.05) is 57.2 Å². The quantitative estimate of drug-likeness (QED) is 0.176. The van der Waals surface area contributed by atoms with Crippen molar-refractivity contribution in [3.63, 3.8) is 0 Å². The van der Waals surface area contributed by atoms with Crippen LogP contribution in [0.25, 0.3) is 0 Å². The Hall–Kier alpha value is -4.16. The molecule has 0 aliphatic carbocycles. The Labute approximate surface area is 264 Å². The number of hydrogen-bond acceptors (Lipinski definition) is 6. The Morgan fingerprint density at radius 1 is 1.14 bits per heavy atom. The third-order valence-corrected chi connectivity index (χ3v) is 7.55. The molecule has 0 spiro atoms. The van der Waals surface area contributed by atoms with E-state index >= 15 is 0 Å². The lowest BCUT2D eigenvalue weighted by Gasteiger charge is -2.40. The monoisotopic (exact) mass is 602 g/mol. The maximum absolute atomic E-state index is 12.3. The highest BCUT2D eigenvalue weighted by Gasteiger charge is 2.32. The van der Waals surface area contributed by atoms with Crippen LogP contribution in [-0.4, -0.2) is 78.9 Å². The number of hydrogen-bond donors (Lipinski definition) is 2. The molecule has 9 nitrogen and oxygen atoms in total. The number of piperidine rings is 1. The fraction of sp³-hybridized carbons (Fsp3) is 0.486. The first-order valence-corrected chi connectivity index (χ1v) is 15.2. The number of rotatable bonds is 9. The minimum atomic E-state index is -0.0607. The number of terminal acetylenes is 1. The van der Waals surface area contributed by atoms with Crippen molar-refractivity contribution in [3.8, 4) is 12.8 Å². The van der Waals surface area contributed by atoms with Crippen LogP contribution >= 0.6 is 0 Å². The van der Waals surface area contributed by atoms with Crippen LogP contribution in [0.1, 0.15) is 68.7 Å². The van der Waals surface area contributed by atoms with Crippen molar-refractivity contribution >= 4 is 30.1 Å². The van der Waals surface area contributed by atoms with Gasteiger partial charge in [-0.3, -0.25) is 4.79 Å². The number of nitrogens with zero attached hydrogens (tertiary/aromatic N) is 4. The zero-order valence-electron chi connectivity index (χ0n) is 27.3. The Morgan fingerprint density at radius 3 is 2.45 bits per heavy atom. The highest BCUT2D eigenvalue weighted by atomic mass is 16.2. The van der Waals surface area contributed by atoms with Gasteiger partial charge in [0.25, 0.3) is 0 Å². The van der Waals surface area contributed by atoms with Crippen molar-refractivity contribution in [1.29, 1.82) is 0 Å². The second kappa shape index (κ2) is 17.8. The van der Waals surface area contributed by atoms with E-state index in [4.69, 9.17) is 0 Å². The van der Waals surface area contributed by atoms with Crippen molar-refractivity contribution in [3.05, 3.63) is 64.7 Å². The average molecular weight is 603 g/mol. The number of aldehydes is 1. The summed E-state index contributed by atoms with van der Waals surface area (Å²) in [6, 6.07) is 14.3. The first-order valence-electron chi connectivity index (χ1n) is 15.2. The number of benzene rings is 2. The van der Waals surface area contributed by atoms with Gasteiger partial charge in [-0.25, -0.2) is 4.79 Å². The van der Waals surface area contributed by atoms with Crippen molar-refractivity contribution in [2.24, 2.45) is 10.5 Å². The number of fused-ring (bicyclic) bond motifs is 1. The van der Waals surface area contributed by atoms with Crippen molar-refractivity contribution in [2.45, 2.75) is 72.5 Å². The minimum Gasteiger partial charge on any atom is -0.343 e. The van der Waals surface area contributed by atoms with Gasteiger partial charge in [0, 0.05) is 64.3 Å². The summed E-state index contributed by atoms with van der Waals surface area (Å²) in [5.41, 5.74) is 9.00. The molecule has 2 aliphatic heterocycles. The lowest BCUT2D eigenvalue weighted by atomic mass is 9.95. The number of carbonyl (C=O) groups excluding carboxylic acids is 3. The van der Waals surface area contributed by atoms with E-state index in [0.29, 0.717) is 25.0 Å². The molecule has 0 bridgehead atoms. The van der Waals surface area contributed by atoms with E-state index in [1.807, 2.05) is 42.4 Å². The molecule has 0 saturated carbocycles. The van der Waals surface area contributed by atoms with Crippen molar-refractivity contribution in [1.82, 2.24) is 20.1 Å². The summed E-state index contributed by atoms with van der Waals surface area (Å²) >= 11 is 0. The lowest BCUT2D eigenvalue weighted by Crippen LogP contribution is -2.51. The molecule has 2 heterocycles. The number of amides is 3. The maximum atomic E-state index is 12.3. The highest BCUT2D eigenvalue weighted by Crippen LogP contribution is 2.27. The van der Waals surface area contributed by atoms with Crippen LogP contribution in [0, 0.1) is 25.2 Å². The average Bonchev–Trinajstić information content (AvgIpc) is 3.00. The molecule has 1 saturated heterocycles. The first-order chi connectivity index (χ1) is 21.0. The summed E-state index contributed by atoms with van der Waals surface area (Å²) < 4.78 is 0. The molecule has 2 aliphatic rings. The second-order valence-electron chi connectivity index (χ2n) is 12.4. The summed E-state index contributed by atoms with van der Waals surface area (Å²) in [5.74, 6) is 0.0315. The molecule has 2 N–H and O–H groups in total. The van der Waals surface area contributed by atoms with E-state index in [2.05, 4.69) is 86.5 Å². The van der Waals surface area contributed by atoms with E-state index in [1.165, 1.54) is 16.7 Å². The van der Waals surface area contributed by atoms with Crippen LogP contribution in [0.3, 0.4) is 0 Å². The smallest absolute Gasteiger partial charge is 0.322 e. The van der Waals surface area contributed by atoms with Gasteiger partial charge in [0.15, 0.2) is 0 Å². The van der Waals surface area contributed by atoms with Crippen molar-refractivity contribution < 1.29 is 14.4 Å². The van der Waals surface area contributed by atoms with Gasteiger partial charge < -0.3 is 30.2 Å². The maximum Gasteiger partial charge on any atom is 0.322 e.